The summed E-state index contributed by atoms with van der Waals surface area (Å²) < 4.78 is 10.4. The Balaban J connectivity index is 1.69. The zero-order valence-corrected chi connectivity index (χ0v) is 16.1. The van der Waals surface area contributed by atoms with Gasteiger partial charge in [-0.2, -0.15) is 0 Å². The average Bonchev–Trinajstić information content (AvgIpc) is 2.69. The van der Waals surface area contributed by atoms with E-state index in [0.29, 0.717) is 18.2 Å². The first-order valence-electron chi connectivity index (χ1n) is 9.31. The molecule has 0 aliphatic carbocycles. The third-order valence-electron chi connectivity index (χ3n) is 4.09. The van der Waals surface area contributed by atoms with Crippen molar-refractivity contribution in [3.8, 4) is 5.75 Å². The number of hydrogen-bond acceptors (Lipinski definition) is 4. The highest BCUT2D eigenvalue weighted by molar-refractivity contribution is 6.17. The molecule has 0 aromatic heterocycles. The lowest BCUT2D eigenvalue weighted by Gasteiger charge is -2.05. The van der Waals surface area contributed by atoms with Gasteiger partial charge in [-0.3, -0.25) is 0 Å². The van der Waals surface area contributed by atoms with Crippen LogP contribution in [0, 0.1) is 0 Å². The van der Waals surface area contributed by atoms with Crippen molar-refractivity contribution in [2.24, 2.45) is 0 Å². The summed E-state index contributed by atoms with van der Waals surface area (Å²) in [6.45, 7) is 0.358. The SMILES string of the molecule is O=C(/C=C/C(=O)Oc1cccc2ccccc12)OCCCCCCCCCl. The number of unbranched alkanes of at least 4 members (excludes halogenated alkanes) is 5. The fourth-order valence-electron chi connectivity index (χ4n) is 2.69. The number of carbonyl (C=O) groups excluding carboxylic acids is 2. The number of rotatable bonds is 11. The number of ether oxygens (including phenoxy) is 2. The molecule has 0 fully saturated rings. The number of benzene rings is 2. The summed E-state index contributed by atoms with van der Waals surface area (Å²) in [5.74, 6) is 0.0345. The van der Waals surface area contributed by atoms with Crippen molar-refractivity contribution in [1.82, 2.24) is 0 Å². The largest absolute Gasteiger partial charge is 0.463 e. The fraction of sp³-hybridized carbons (Fsp3) is 0.364. The number of halogens is 1. The molecule has 0 saturated heterocycles. The lowest BCUT2D eigenvalue weighted by Crippen LogP contribution is -2.07. The van der Waals surface area contributed by atoms with Gasteiger partial charge in [0.25, 0.3) is 0 Å². The van der Waals surface area contributed by atoms with Gasteiger partial charge in [0.05, 0.1) is 6.61 Å². The Hall–Kier alpha value is -2.33. The summed E-state index contributed by atoms with van der Waals surface area (Å²) in [5, 5.41) is 1.82. The van der Waals surface area contributed by atoms with Crippen LogP contribution in [0.15, 0.2) is 54.6 Å². The maximum Gasteiger partial charge on any atom is 0.336 e. The van der Waals surface area contributed by atoms with Gasteiger partial charge in [0.2, 0.25) is 0 Å². The molecule has 5 heteroatoms. The van der Waals surface area contributed by atoms with Gasteiger partial charge in [-0.15, -0.1) is 11.6 Å². The molecule has 0 saturated carbocycles. The van der Waals surface area contributed by atoms with Gasteiger partial charge in [-0.1, -0.05) is 62.1 Å². The third-order valence-corrected chi connectivity index (χ3v) is 4.36. The lowest BCUT2D eigenvalue weighted by molar-refractivity contribution is -0.138. The Labute approximate surface area is 165 Å². The predicted octanol–water partition coefficient (Wildman–Crippen LogP) is 5.42. The van der Waals surface area contributed by atoms with E-state index in [2.05, 4.69) is 0 Å². The number of hydrogen-bond donors (Lipinski definition) is 0. The van der Waals surface area contributed by atoms with Crippen LogP contribution in [-0.2, 0) is 14.3 Å². The number of carbonyl (C=O) groups is 2. The summed E-state index contributed by atoms with van der Waals surface area (Å²) in [6, 6.07) is 13.1. The monoisotopic (exact) mass is 388 g/mol. The third kappa shape index (κ3) is 7.83. The lowest BCUT2D eigenvalue weighted by atomic mass is 10.1. The summed E-state index contributed by atoms with van der Waals surface area (Å²) in [5.41, 5.74) is 0. The van der Waals surface area contributed by atoms with E-state index < -0.39 is 11.9 Å². The molecule has 0 spiro atoms. The van der Waals surface area contributed by atoms with Crippen molar-refractivity contribution < 1.29 is 19.1 Å². The average molecular weight is 389 g/mol. The predicted molar refractivity (Wildman–Crippen MR) is 108 cm³/mol. The summed E-state index contributed by atoms with van der Waals surface area (Å²) in [6.07, 6.45) is 8.50. The molecule has 4 nitrogen and oxygen atoms in total. The van der Waals surface area contributed by atoms with Crippen LogP contribution in [0.5, 0.6) is 5.75 Å². The highest BCUT2D eigenvalue weighted by Gasteiger charge is 2.06. The molecule has 0 radical (unpaired) electrons. The quantitative estimate of drug-likeness (QED) is 0.169. The van der Waals surface area contributed by atoms with E-state index in [1.54, 1.807) is 6.07 Å². The van der Waals surface area contributed by atoms with E-state index >= 15 is 0 Å². The van der Waals surface area contributed by atoms with Crippen LogP contribution in [0.25, 0.3) is 10.8 Å². The molecule has 144 valence electrons. The van der Waals surface area contributed by atoms with Crippen LogP contribution in [0.1, 0.15) is 38.5 Å². The molecule has 0 aliphatic heterocycles. The summed E-state index contributed by atoms with van der Waals surface area (Å²) >= 11 is 5.62. The van der Waals surface area contributed by atoms with Crippen molar-refractivity contribution in [1.29, 1.82) is 0 Å². The molecule has 27 heavy (non-hydrogen) atoms. The van der Waals surface area contributed by atoms with Crippen molar-refractivity contribution >= 4 is 34.3 Å². The maximum absolute atomic E-state index is 11.9. The van der Waals surface area contributed by atoms with E-state index in [-0.39, 0.29) is 0 Å². The standard InChI is InChI=1S/C22H25ClO4/c23-16-7-3-1-2-4-8-17-26-21(24)14-15-22(25)27-20-13-9-11-18-10-5-6-12-19(18)20/h5-6,9-15H,1-4,7-8,16-17H2/b15-14+. The zero-order valence-electron chi connectivity index (χ0n) is 15.4. The highest BCUT2D eigenvalue weighted by atomic mass is 35.5. The molecule has 0 aliphatic rings. The first-order valence-corrected chi connectivity index (χ1v) is 9.84. The molecule has 2 rings (SSSR count). The number of alkyl halides is 1. The van der Waals surface area contributed by atoms with Gasteiger partial charge < -0.3 is 9.47 Å². The molecule has 0 heterocycles. The molecule has 0 atom stereocenters. The molecule has 2 aromatic carbocycles. The summed E-state index contributed by atoms with van der Waals surface area (Å²) in [7, 11) is 0. The fourth-order valence-corrected chi connectivity index (χ4v) is 2.88. The van der Waals surface area contributed by atoms with E-state index in [9.17, 15) is 9.59 Å². The Kier molecular flexibility index (Phi) is 9.42. The van der Waals surface area contributed by atoms with Crippen LogP contribution in [0.2, 0.25) is 0 Å². The Morgan fingerprint density at radius 1 is 0.815 bits per heavy atom. The second-order valence-electron chi connectivity index (χ2n) is 6.21. The van der Waals surface area contributed by atoms with Crippen LogP contribution in [0.3, 0.4) is 0 Å². The molecule has 2 aromatic rings. The molecule has 0 N–H and O–H groups in total. The van der Waals surface area contributed by atoms with Gasteiger partial charge in [0.1, 0.15) is 5.75 Å². The minimum atomic E-state index is -0.609. The van der Waals surface area contributed by atoms with E-state index in [4.69, 9.17) is 21.1 Å². The Morgan fingerprint density at radius 3 is 2.30 bits per heavy atom. The molecule has 0 amide bonds. The Morgan fingerprint density at radius 2 is 1.48 bits per heavy atom. The number of esters is 2. The smallest absolute Gasteiger partial charge is 0.336 e. The molecule has 0 unspecified atom stereocenters. The van der Waals surface area contributed by atoms with Crippen LogP contribution < -0.4 is 4.74 Å². The summed E-state index contributed by atoms with van der Waals surface area (Å²) in [4.78, 5) is 23.6. The van der Waals surface area contributed by atoms with Crippen LogP contribution in [-0.4, -0.2) is 24.4 Å². The first kappa shape index (κ1) is 21.0. The highest BCUT2D eigenvalue weighted by Crippen LogP contribution is 2.25. The van der Waals surface area contributed by atoms with Crippen LogP contribution >= 0.6 is 11.6 Å². The van der Waals surface area contributed by atoms with Crippen molar-refractivity contribution in [2.75, 3.05) is 12.5 Å². The van der Waals surface area contributed by atoms with E-state index in [0.717, 1.165) is 61.4 Å². The van der Waals surface area contributed by atoms with Gasteiger partial charge in [-0.05, 0) is 24.3 Å². The Bertz CT molecular complexity index is 765. The maximum atomic E-state index is 11.9. The molecular formula is C22H25ClO4. The normalized spacial score (nSPS) is 11.0. The van der Waals surface area contributed by atoms with Gasteiger partial charge in [-0.25, -0.2) is 9.59 Å². The molecular weight excluding hydrogens is 364 g/mol. The van der Waals surface area contributed by atoms with Gasteiger partial charge >= 0.3 is 11.9 Å². The van der Waals surface area contributed by atoms with Gasteiger partial charge in [0, 0.05) is 23.4 Å². The second kappa shape index (κ2) is 12.1. The van der Waals surface area contributed by atoms with Crippen molar-refractivity contribution in [2.45, 2.75) is 38.5 Å². The topological polar surface area (TPSA) is 52.6 Å². The zero-order chi connectivity index (χ0) is 19.3. The first-order chi connectivity index (χ1) is 13.2. The van der Waals surface area contributed by atoms with Crippen LogP contribution in [0.4, 0.5) is 0 Å². The van der Waals surface area contributed by atoms with Gasteiger partial charge in [0.15, 0.2) is 0 Å². The van der Waals surface area contributed by atoms with Crippen molar-refractivity contribution in [3.05, 3.63) is 54.6 Å². The van der Waals surface area contributed by atoms with E-state index in [1.807, 2.05) is 36.4 Å². The molecule has 0 bridgehead atoms. The second-order valence-corrected chi connectivity index (χ2v) is 6.59. The minimum absolute atomic E-state index is 0.358. The number of fused-ring (bicyclic) bond motifs is 1. The minimum Gasteiger partial charge on any atom is -0.463 e. The van der Waals surface area contributed by atoms with E-state index in [1.165, 1.54) is 0 Å². The van der Waals surface area contributed by atoms with Crippen molar-refractivity contribution in [3.63, 3.8) is 0 Å².